The van der Waals surface area contributed by atoms with Crippen LogP contribution >= 0.6 is 0 Å². The Hall–Kier alpha value is -1.80. The SMILES string of the molecule is CCNCc1ccc(N(C)c2cc(C)cc(C)c2)c(C)c1. The summed E-state index contributed by atoms with van der Waals surface area (Å²) in [5.74, 6) is 0. The van der Waals surface area contributed by atoms with Crippen LogP contribution in [0.3, 0.4) is 0 Å². The predicted octanol–water partition coefficient (Wildman–Crippen LogP) is 4.49. The molecule has 2 heteroatoms. The average molecular weight is 282 g/mol. The lowest BCUT2D eigenvalue weighted by Gasteiger charge is -2.23. The third-order valence-electron chi connectivity index (χ3n) is 3.80. The van der Waals surface area contributed by atoms with Crippen molar-refractivity contribution in [2.24, 2.45) is 0 Å². The second kappa shape index (κ2) is 6.77. The Morgan fingerprint density at radius 3 is 2.19 bits per heavy atom. The zero-order chi connectivity index (χ0) is 15.4. The lowest BCUT2D eigenvalue weighted by molar-refractivity contribution is 0.726. The third kappa shape index (κ3) is 3.85. The summed E-state index contributed by atoms with van der Waals surface area (Å²) in [6, 6.07) is 13.4. The minimum atomic E-state index is 0.935. The van der Waals surface area contributed by atoms with Gasteiger partial charge in [-0.1, -0.05) is 25.1 Å². The molecule has 0 aromatic heterocycles. The van der Waals surface area contributed by atoms with E-state index in [4.69, 9.17) is 0 Å². The highest BCUT2D eigenvalue weighted by Gasteiger charge is 2.08. The van der Waals surface area contributed by atoms with E-state index in [-0.39, 0.29) is 0 Å². The van der Waals surface area contributed by atoms with Gasteiger partial charge in [0.1, 0.15) is 0 Å². The van der Waals surface area contributed by atoms with Gasteiger partial charge in [-0.25, -0.2) is 0 Å². The predicted molar refractivity (Wildman–Crippen MR) is 92.5 cm³/mol. The molecule has 0 fully saturated rings. The number of hydrogen-bond donors (Lipinski definition) is 1. The molecule has 112 valence electrons. The second-order valence-corrected chi connectivity index (χ2v) is 5.81. The molecule has 2 rings (SSSR count). The van der Waals surface area contributed by atoms with Gasteiger partial charge in [0, 0.05) is 25.0 Å². The molecule has 0 radical (unpaired) electrons. The molecule has 0 atom stereocenters. The van der Waals surface area contributed by atoms with Crippen molar-refractivity contribution in [3.05, 3.63) is 58.7 Å². The van der Waals surface area contributed by atoms with Gasteiger partial charge in [-0.2, -0.15) is 0 Å². The smallest absolute Gasteiger partial charge is 0.0438 e. The van der Waals surface area contributed by atoms with Gasteiger partial charge in [-0.3, -0.25) is 0 Å². The molecule has 2 nitrogen and oxygen atoms in total. The Morgan fingerprint density at radius 2 is 1.62 bits per heavy atom. The molecule has 1 N–H and O–H groups in total. The molecule has 0 bridgehead atoms. The monoisotopic (exact) mass is 282 g/mol. The molecule has 0 aliphatic heterocycles. The van der Waals surface area contributed by atoms with Gasteiger partial charge >= 0.3 is 0 Å². The van der Waals surface area contributed by atoms with Crippen molar-refractivity contribution in [1.82, 2.24) is 5.32 Å². The Kier molecular flexibility index (Phi) is 5.03. The summed E-state index contributed by atoms with van der Waals surface area (Å²) in [5.41, 5.74) is 7.77. The standard InChI is InChI=1S/C19H26N2/c1-6-20-13-17-7-8-19(16(4)12-17)21(5)18-10-14(2)9-15(3)11-18/h7-12,20H,6,13H2,1-5H3. The molecule has 2 aromatic carbocycles. The first-order chi connectivity index (χ1) is 10.0. The van der Waals surface area contributed by atoms with Crippen LogP contribution in [0.5, 0.6) is 0 Å². The van der Waals surface area contributed by atoms with Gasteiger partial charge in [-0.05, 0) is 67.8 Å². The second-order valence-electron chi connectivity index (χ2n) is 5.81. The zero-order valence-electron chi connectivity index (χ0n) is 13.8. The number of benzene rings is 2. The van der Waals surface area contributed by atoms with Crippen molar-refractivity contribution < 1.29 is 0 Å². The van der Waals surface area contributed by atoms with Crippen molar-refractivity contribution in [1.29, 1.82) is 0 Å². The van der Waals surface area contributed by atoms with Crippen LogP contribution in [0.1, 0.15) is 29.2 Å². The lowest BCUT2D eigenvalue weighted by Crippen LogP contribution is -2.14. The number of nitrogens with one attached hydrogen (secondary N) is 1. The summed E-state index contributed by atoms with van der Waals surface area (Å²) in [4.78, 5) is 2.27. The number of anilines is 2. The molecular formula is C19H26N2. The fraction of sp³-hybridized carbons (Fsp3) is 0.368. The maximum absolute atomic E-state index is 3.37. The Morgan fingerprint density at radius 1 is 0.952 bits per heavy atom. The summed E-state index contributed by atoms with van der Waals surface area (Å²) >= 11 is 0. The van der Waals surface area contributed by atoms with E-state index < -0.39 is 0 Å². The summed E-state index contributed by atoms with van der Waals surface area (Å²) in [7, 11) is 2.14. The molecule has 0 saturated carbocycles. The zero-order valence-corrected chi connectivity index (χ0v) is 13.8. The molecule has 2 aromatic rings. The van der Waals surface area contributed by atoms with Crippen LogP contribution in [0.15, 0.2) is 36.4 Å². The Labute approximate surface area is 128 Å². The van der Waals surface area contributed by atoms with Gasteiger partial charge in [0.25, 0.3) is 0 Å². The van der Waals surface area contributed by atoms with Crippen molar-refractivity contribution in [2.45, 2.75) is 34.2 Å². The first-order valence-electron chi connectivity index (χ1n) is 7.63. The van der Waals surface area contributed by atoms with Crippen molar-refractivity contribution in [3.8, 4) is 0 Å². The van der Waals surface area contributed by atoms with E-state index in [9.17, 15) is 0 Å². The van der Waals surface area contributed by atoms with Crippen LogP contribution in [0.4, 0.5) is 11.4 Å². The van der Waals surface area contributed by atoms with Crippen LogP contribution in [-0.2, 0) is 6.54 Å². The van der Waals surface area contributed by atoms with Gasteiger partial charge in [0.15, 0.2) is 0 Å². The molecule has 0 saturated heterocycles. The van der Waals surface area contributed by atoms with Gasteiger partial charge in [0.05, 0.1) is 0 Å². The number of hydrogen-bond acceptors (Lipinski definition) is 2. The Balaban J connectivity index is 2.28. The van der Waals surface area contributed by atoms with E-state index in [0.717, 1.165) is 13.1 Å². The quantitative estimate of drug-likeness (QED) is 0.869. The van der Waals surface area contributed by atoms with Crippen molar-refractivity contribution in [2.75, 3.05) is 18.5 Å². The topological polar surface area (TPSA) is 15.3 Å². The first-order valence-corrected chi connectivity index (χ1v) is 7.63. The maximum atomic E-state index is 3.37. The van der Waals surface area contributed by atoms with Crippen LogP contribution < -0.4 is 10.2 Å². The highest BCUT2D eigenvalue weighted by atomic mass is 15.1. The third-order valence-corrected chi connectivity index (χ3v) is 3.80. The van der Waals surface area contributed by atoms with Gasteiger partial charge < -0.3 is 10.2 Å². The molecular weight excluding hydrogens is 256 g/mol. The Bertz CT molecular complexity index is 597. The summed E-state index contributed by atoms with van der Waals surface area (Å²) in [5, 5.41) is 3.37. The van der Waals surface area contributed by atoms with E-state index in [0.29, 0.717) is 0 Å². The first kappa shape index (κ1) is 15.6. The van der Waals surface area contributed by atoms with Crippen LogP contribution in [0, 0.1) is 20.8 Å². The number of aryl methyl sites for hydroxylation is 3. The molecule has 0 aliphatic rings. The fourth-order valence-corrected chi connectivity index (χ4v) is 2.76. The minimum absolute atomic E-state index is 0.935. The number of rotatable bonds is 5. The van der Waals surface area contributed by atoms with Crippen molar-refractivity contribution >= 4 is 11.4 Å². The van der Waals surface area contributed by atoms with Gasteiger partial charge in [0.2, 0.25) is 0 Å². The average Bonchev–Trinajstić information content (AvgIpc) is 2.43. The van der Waals surface area contributed by atoms with Crippen LogP contribution in [0.25, 0.3) is 0 Å². The molecule has 21 heavy (non-hydrogen) atoms. The van der Waals surface area contributed by atoms with Crippen LogP contribution in [-0.4, -0.2) is 13.6 Å². The fourth-order valence-electron chi connectivity index (χ4n) is 2.76. The summed E-state index contributed by atoms with van der Waals surface area (Å²) in [6.07, 6.45) is 0. The molecule has 0 aliphatic carbocycles. The molecule has 0 heterocycles. The normalized spacial score (nSPS) is 10.7. The van der Waals surface area contributed by atoms with Crippen molar-refractivity contribution in [3.63, 3.8) is 0 Å². The largest absolute Gasteiger partial charge is 0.344 e. The molecule has 0 amide bonds. The lowest BCUT2D eigenvalue weighted by atomic mass is 10.1. The molecule has 0 unspecified atom stereocenters. The summed E-state index contributed by atoms with van der Waals surface area (Å²) < 4.78 is 0. The van der Waals surface area contributed by atoms with E-state index in [1.807, 2.05) is 0 Å². The molecule has 0 spiro atoms. The highest BCUT2D eigenvalue weighted by molar-refractivity contribution is 5.67. The minimum Gasteiger partial charge on any atom is -0.344 e. The summed E-state index contributed by atoms with van der Waals surface area (Å²) in [6.45, 7) is 10.6. The van der Waals surface area contributed by atoms with Gasteiger partial charge in [-0.15, -0.1) is 0 Å². The maximum Gasteiger partial charge on any atom is 0.0438 e. The van der Waals surface area contributed by atoms with Crippen LogP contribution in [0.2, 0.25) is 0 Å². The van der Waals surface area contributed by atoms with E-state index in [1.54, 1.807) is 0 Å². The highest BCUT2D eigenvalue weighted by Crippen LogP contribution is 2.28. The van der Waals surface area contributed by atoms with E-state index >= 15 is 0 Å². The number of nitrogens with zero attached hydrogens (tertiary/aromatic N) is 1. The van der Waals surface area contributed by atoms with E-state index in [2.05, 4.69) is 81.4 Å². The van der Waals surface area contributed by atoms with E-state index in [1.165, 1.54) is 33.6 Å².